The Morgan fingerprint density at radius 2 is 1.92 bits per heavy atom. The normalized spacial score (nSPS) is 11.3. The minimum Gasteiger partial charge on any atom is -0.468 e. The molecule has 1 amide bonds. The molecule has 0 aliphatic carbocycles. The molecule has 1 aromatic carbocycles. The SMILES string of the molecule is C=C(C)CN(CC)C(=O)c1ccc(S(=O)(=O)NCc2ccco2)cc1. The van der Waals surface area contributed by atoms with Crippen molar-refractivity contribution in [2.24, 2.45) is 0 Å². The molecule has 1 N–H and O–H groups in total. The van der Waals surface area contributed by atoms with E-state index < -0.39 is 10.0 Å². The van der Waals surface area contributed by atoms with E-state index in [1.54, 1.807) is 17.0 Å². The summed E-state index contributed by atoms with van der Waals surface area (Å²) in [4.78, 5) is 14.2. The van der Waals surface area contributed by atoms with Gasteiger partial charge in [-0.2, -0.15) is 0 Å². The molecule has 25 heavy (non-hydrogen) atoms. The minimum absolute atomic E-state index is 0.0677. The molecule has 0 fully saturated rings. The van der Waals surface area contributed by atoms with Crippen LogP contribution in [0.15, 0.2) is 64.1 Å². The van der Waals surface area contributed by atoms with Gasteiger partial charge in [0.25, 0.3) is 5.91 Å². The lowest BCUT2D eigenvalue weighted by molar-refractivity contribution is 0.0778. The molecule has 1 aromatic heterocycles. The van der Waals surface area contributed by atoms with E-state index >= 15 is 0 Å². The molecule has 0 saturated heterocycles. The van der Waals surface area contributed by atoms with Crippen LogP contribution in [0.3, 0.4) is 0 Å². The molecule has 6 nitrogen and oxygen atoms in total. The van der Waals surface area contributed by atoms with Crippen molar-refractivity contribution in [3.63, 3.8) is 0 Å². The summed E-state index contributed by atoms with van der Waals surface area (Å²) in [6.45, 7) is 8.65. The lowest BCUT2D eigenvalue weighted by Crippen LogP contribution is -2.32. The number of likely N-dealkylation sites (N-methyl/N-ethyl adjacent to an activating group) is 1. The first-order chi connectivity index (χ1) is 11.8. The van der Waals surface area contributed by atoms with E-state index in [2.05, 4.69) is 11.3 Å². The van der Waals surface area contributed by atoms with Crippen LogP contribution in [-0.4, -0.2) is 32.3 Å². The molecule has 0 atom stereocenters. The summed E-state index contributed by atoms with van der Waals surface area (Å²) in [7, 11) is -3.67. The first kappa shape index (κ1) is 19.0. The molecule has 0 spiro atoms. The molecule has 2 aromatic rings. The first-order valence-corrected chi connectivity index (χ1v) is 9.37. The highest BCUT2D eigenvalue weighted by Crippen LogP contribution is 2.14. The zero-order chi connectivity index (χ0) is 18.4. The van der Waals surface area contributed by atoms with Crippen LogP contribution < -0.4 is 4.72 Å². The quantitative estimate of drug-likeness (QED) is 0.732. The van der Waals surface area contributed by atoms with Crippen LogP contribution in [0.5, 0.6) is 0 Å². The fraction of sp³-hybridized carbons (Fsp3) is 0.278. The number of sulfonamides is 1. The molecule has 0 bridgehead atoms. The van der Waals surface area contributed by atoms with Crippen LogP contribution in [0.25, 0.3) is 0 Å². The van der Waals surface area contributed by atoms with Gasteiger partial charge in [-0.25, -0.2) is 13.1 Å². The lowest BCUT2D eigenvalue weighted by atomic mass is 10.2. The number of benzene rings is 1. The molecular formula is C18H22N2O4S. The number of nitrogens with zero attached hydrogens (tertiary/aromatic N) is 1. The van der Waals surface area contributed by atoms with Crippen molar-refractivity contribution in [1.82, 2.24) is 9.62 Å². The predicted molar refractivity (Wildman–Crippen MR) is 95.6 cm³/mol. The van der Waals surface area contributed by atoms with Gasteiger partial charge in [-0.15, -0.1) is 0 Å². The van der Waals surface area contributed by atoms with Gasteiger partial charge in [0.05, 0.1) is 17.7 Å². The molecule has 2 rings (SSSR count). The number of nitrogens with one attached hydrogen (secondary N) is 1. The van der Waals surface area contributed by atoms with Crippen LogP contribution >= 0.6 is 0 Å². The Bertz CT molecular complexity index is 824. The number of rotatable bonds is 8. The summed E-state index contributed by atoms with van der Waals surface area (Å²) in [6.07, 6.45) is 1.48. The summed E-state index contributed by atoms with van der Waals surface area (Å²) >= 11 is 0. The van der Waals surface area contributed by atoms with Crippen molar-refractivity contribution in [2.75, 3.05) is 13.1 Å². The van der Waals surface area contributed by atoms with E-state index in [1.165, 1.54) is 30.5 Å². The summed E-state index contributed by atoms with van der Waals surface area (Å²) < 4.78 is 32.1. The third-order valence-electron chi connectivity index (χ3n) is 3.56. The van der Waals surface area contributed by atoms with Crippen LogP contribution in [0.2, 0.25) is 0 Å². The Hall–Kier alpha value is -2.38. The maximum atomic E-state index is 12.5. The van der Waals surface area contributed by atoms with Gasteiger partial charge in [-0.3, -0.25) is 4.79 Å². The molecule has 7 heteroatoms. The third-order valence-corrected chi connectivity index (χ3v) is 4.97. The van der Waals surface area contributed by atoms with Crippen molar-refractivity contribution in [1.29, 1.82) is 0 Å². The minimum atomic E-state index is -3.67. The van der Waals surface area contributed by atoms with E-state index in [1.807, 2.05) is 13.8 Å². The topological polar surface area (TPSA) is 79.6 Å². The Balaban J connectivity index is 2.10. The van der Waals surface area contributed by atoms with Crippen LogP contribution in [0.4, 0.5) is 0 Å². The van der Waals surface area contributed by atoms with Gasteiger partial charge in [0.2, 0.25) is 10.0 Å². The Morgan fingerprint density at radius 3 is 2.44 bits per heavy atom. The molecular weight excluding hydrogens is 340 g/mol. The fourth-order valence-corrected chi connectivity index (χ4v) is 3.27. The highest BCUT2D eigenvalue weighted by molar-refractivity contribution is 7.89. The van der Waals surface area contributed by atoms with Gasteiger partial charge < -0.3 is 9.32 Å². The average molecular weight is 362 g/mol. The van der Waals surface area contributed by atoms with Crippen molar-refractivity contribution in [3.8, 4) is 0 Å². The number of hydrogen-bond acceptors (Lipinski definition) is 4. The average Bonchev–Trinajstić information content (AvgIpc) is 3.11. The van der Waals surface area contributed by atoms with Gasteiger partial charge in [-0.1, -0.05) is 12.2 Å². The van der Waals surface area contributed by atoms with E-state index in [4.69, 9.17) is 4.42 Å². The molecule has 0 saturated carbocycles. The molecule has 0 unspecified atom stereocenters. The molecule has 0 radical (unpaired) electrons. The number of carbonyl (C=O) groups is 1. The first-order valence-electron chi connectivity index (χ1n) is 7.89. The second-order valence-electron chi connectivity index (χ2n) is 5.70. The van der Waals surface area contributed by atoms with Gasteiger partial charge in [0.1, 0.15) is 5.76 Å². The molecule has 0 aliphatic rings. The smallest absolute Gasteiger partial charge is 0.254 e. The zero-order valence-corrected chi connectivity index (χ0v) is 15.2. The van der Waals surface area contributed by atoms with Crippen molar-refractivity contribution >= 4 is 15.9 Å². The summed E-state index contributed by atoms with van der Waals surface area (Å²) in [6, 6.07) is 9.26. The summed E-state index contributed by atoms with van der Waals surface area (Å²) in [5, 5.41) is 0. The van der Waals surface area contributed by atoms with Crippen molar-refractivity contribution in [3.05, 3.63) is 66.1 Å². The van der Waals surface area contributed by atoms with Gasteiger partial charge in [-0.05, 0) is 50.2 Å². The molecule has 1 heterocycles. The molecule has 0 aliphatic heterocycles. The number of amides is 1. The number of furan rings is 1. The largest absolute Gasteiger partial charge is 0.468 e. The second-order valence-corrected chi connectivity index (χ2v) is 7.47. The monoisotopic (exact) mass is 362 g/mol. The van der Waals surface area contributed by atoms with E-state index in [0.717, 1.165) is 5.57 Å². The van der Waals surface area contributed by atoms with E-state index in [-0.39, 0.29) is 17.3 Å². The highest BCUT2D eigenvalue weighted by Gasteiger charge is 2.17. The maximum Gasteiger partial charge on any atom is 0.254 e. The Labute approximate surface area is 148 Å². The van der Waals surface area contributed by atoms with Crippen molar-refractivity contribution < 1.29 is 17.6 Å². The van der Waals surface area contributed by atoms with Crippen molar-refractivity contribution in [2.45, 2.75) is 25.3 Å². The van der Waals surface area contributed by atoms with Crippen LogP contribution in [-0.2, 0) is 16.6 Å². The summed E-state index contributed by atoms with van der Waals surface area (Å²) in [5.74, 6) is 0.367. The van der Waals surface area contributed by atoms with Crippen LogP contribution in [0.1, 0.15) is 30.0 Å². The predicted octanol–water partition coefficient (Wildman–Crippen LogP) is 2.80. The zero-order valence-electron chi connectivity index (χ0n) is 14.4. The number of hydrogen-bond donors (Lipinski definition) is 1. The standard InChI is InChI=1S/C18H22N2O4S/c1-4-20(13-14(2)3)18(21)15-7-9-17(10-8-15)25(22,23)19-12-16-6-5-11-24-16/h5-11,19H,2,4,12-13H2,1,3H3. The van der Waals surface area contributed by atoms with Crippen LogP contribution in [0, 0.1) is 0 Å². The highest BCUT2D eigenvalue weighted by atomic mass is 32.2. The van der Waals surface area contributed by atoms with Gasteiger partial charge in [0, 0.05) is 18.7 Å². The second kappa shape index (κ2) is 8.13. The fourth-order valence-electron chi connectivity index (χ4n) is 2.27. The molecule has 134 valence electrons. The van der Waals surface area contributed by atoms with E-state index in [9.17, 15) is 13.2 Å². The van der Waals surface area contributed by atoms with E-state index in [0.29, 0.717) is 24.4 Å². The maximum absolute atomic E-state index is 12.5. The summed E-state index contributed by atoms with van der Waals surface area (Å²) in [5.41, 5.74) is 1.32. The van der Waals surface area contributed by atoms with Gasteiger partial charge >= 0.3 is 0 Å². The Kier molecular flexibility index (Phi) is 6.17. The van der Waals surface area contributed by atoms with Gasteiger partial charge in [0.15, 0.2) is 0 Å². The Morgan fingerprint density at radius 1 is 1.24 bits per heavy atom. The lowest BCUT2D eigenvalue weighted by Gasteiger charge is -2.21. The number of carbonyl (C=O) groups excluding carboxylic acids is 1. The third kappa shape index (κ3) is 5.04.